The van der Waals surface area contributed by atoms with Gasteiger partial charge in [-0.25, -0.2) is 0 Å². The summed E-state index contributed by atoms with van der Waals surface area (Å²) in [6.07, 6.45) is 0. The fourth-order valence-electron chi connectivity index (χ4n) is 3.34. The third-order valence-electron chi connectivity index (χ3n) is 4.12. The van der Waals surface area contributed by atoms with Crippen LogP contribution in [-0.2, 0) is 5.41 Å². The monoisotopic (exact) mass is 252 g/mol. The first-order valence-corrected chi connectivity index (χ1v) is 7.24. The van der Waals surface area contributed by atoms with Crippen LogP contribution >= 0.6 is 0 Å². The average Bonchev–Trinajstić information content (AvgIpc) is 2.67. The molecule has 0 saturated heterocycles. The normalized spacial score (nSPS) is 14.2. The van der Waals surface area contributed by atoms with Crippen molar-refractivity contribution in [1.29, 1.82) is 0 Å². The van der Waals surface area contributed by atoms with E-state index in [1.54, 1.807) is 0 Å². The van der Waals surface area contributed by atoms with Crippen LogP contribution in [-0.4, -0.2) is 0 Å². The van der Waals surface area contributed by atoms with Crippen LogP contribution in [0.15, 0.2) is 36.4 Å². The van der Waals surface area contributed by atoms with Crippen molar-refractivity contribution in [2.24, 2.45) is 0 Å². The molecule has 0 heterocycles. The molecule has 0 N–H and O–H groups in total. The van der Waals surface area contributed by atoms with E-state index in [4.69, 9.17) is 0 Å². The zero-order chi connectivity index (χ0) is 14.2. The Kier molecular flexibility index (Phi) is 3.54. The van der Waals surface area contributed by atoms with Crippen molar-refractivity contribution in [3.05, 3.63) is 58.7 Å². The van der Waals surface area contributed by atoms with Gasteiger partial charge < -0.3 is 0 Å². The third kappa shape index (κ3) is 1.90. The molecule has 0 aromatic heterocycles. The lowest BCUT2D eigenvalue weighted by Gasteiger charge is -2.23. The molecule has 3 rings (SSSR count). The molecule has 19 heavy (non-hydrogen) atoms. The molecular formula is C19H24. The molecule has 0 spiro atoms. The lowest BCUT2D eigenvalue weighted by atomic mass is 9.80. The summed E-state index contributed by atoms with van der Waals surface area (Å²) in [7, 11) is 0. The maximum Gasteiger partial charge on any atom is 0.0161 e. The second-order valence-electron chi connectivity index (χ2n) is 5.62. The molecule has 0 bridgehead atoms. The summed E-state index contributed by atoms with van der Waals surface area (Å²) in [6.45, 7) is 13.1. The second kappa shape index (κ2) is 4.85. The van der Waals surface area contributed by atoms with Crippen LogP contribution in [0.25, 0.3) is 11.1 Å². The maximum atomic E-state index is 2.34. The van der Waals surface area contributed by atoms with Gasteiger partial charge in [-0.15, -0.1) is 0 Å². The van der Waals surface area contributed by atoms with E-state index >= 15 is 0 Å². The smallest absolute Gasteiger partial charge is 0.0161 e. The number of hydrogen-bond donors (Lipinski definition) is 0. The summed E-state index contributed by atoms with van der Waals surface area (Å²) in [5.41, 5.74) is 8.81. The van der Waals surface area contributed by atoms with Crippen LogP contribution in [0.3, 0.4) is 0 Å². The number of benzene rings is 2. The predicted octanol–water partition coefficient (Wildman–Crippen LogP) is 5.64. The molecule has 1 aliphatic carbocycles. The van der Waals surface area contributed by atoms with Gasteiger partial charge in [0.25, 0.3) is 0 Å². The van der Waals surface area contributed by atoms with Crippen molar-refractivity contribution in [2.45, 2.75) is 47.0 Å². The molecule has 0 heteroatoms. The molecule has 0 fully saturated rings. The Morgan fingerprint density at radius 1 is 0.789 bits per heavy atom. The first-order valence-electron chi connectivity index (χ1n) is 7.24. The van der Waals surface area contributed by atoms with Gasteiger partial charge in [-0.1, -0.05) is 64.1 Å². The zero-order valence-corrected chi connectivity index (χ0v) is 13.0. The Balaban J connectivity index is 0.000000637. The lowest BCUT2D eigenvalue weighted by Crippen LogP contribution is -2.16. The Hall–Kier alpha value is -1.56. The number of rotatable bonds is 0. The van der Waals surface area contributed by atoms with E-state index in [-0.39, 0.29) is 5.41 Å². The molecule has 100 valence electrons. The highest BCUT2D eigenvalue weighted by Gasteiger charge is 2.36. The Bertz CT molecular complexity index is 603. The molecule has 0 amide bonds. The summed E-state index contributed by atoms with van der Waals surface area (Å²) >= 11 is 0. The van der Waals surface area contributed by atoms with E-state index in [1.165, 1.54) is 33.4 Å². The van der Waals surface area contributed by atoms with Crippen molar-refractivity contribution in [3.8, 4) is 11.1 Å². The Morgan fingerprint density at radius 3 is 2.05 bits per heavy atom. The topological polar surface area (TPSA) is 0 Å². The van der Waals surface area contributed by atoms with Gasteiger partial charge in [-0.2, -0.15) is 0 Å². The highest BCUT2D eigenvalue weighted by atomic mass is 14.4. The summed E-state index contributed by atoms with van der Waals surface area (Å²) < 4.78 is 0. The molecule has 0 unspecified atom stereocenters. The first-order chi connectivity index (χ1) is 9.03. The summed E-state index contributed by atoms with van der Waals surface area (Å²) in [4.78, 5) is 0. The van der Waals surface area contributed by atoms with Gasteiger partial charge in [-0.3, -0.25) is 0 Å². The van der Waals surface area contributed by atoms with Gasteiger partial charge in [0, 0.05) is 5.41 Å². The summed E-state index contributed by atoms with van der Waals surface area (Å²) in [5, 5.41) is 0. The van der Waals surface area contributed by atoms with Gasteiger partial charge in [0.15, 0.2) is 0 Å². The molecule has 1 aliphatic rings. The summed E-state index contributed by atoms with van der Waals surface area (Å²) in [6, 6.07) is 13.3. The largest absolute Gasteiger partial charge is 0.0683 e. The molecule has 0 atom stereocenters. The molecule has 2 aromatic carbocycles. The van der Waals surface area contributed by atoms with Gasteiger partial charge in [0.2, 0.25) is 0 Å². The highest BCUT2D eigenvalue weighted by Crippen LogP contribution is 2.50. The minimum Gasteiger partial charge on any atom is -0.0683 e. The van der Waals surface area contributed by atoms with Crippen LogP contribution in [0.4, 0.5) is 0 Å². The number of hydrogen-bond acceptors (Lipinski definition) is 0. The second-order valence-corrected chi connectivity index (χ2v) is 5.62. The van der Waals surface area contributed by atoms with E-state index in [9.17, 15) is 0 Å². The van der Waals surface area contributed by atoms with Crippen molar-refractivity contribution in [2.75, 3.05) is 0 Å². The minimum atomic E-state index is 0.141. The zero-order valence-electron chi connectivity index (χ0n) is 13.0. The standard InChI is InChI=1S/C17H18.C2H6/c1-11-9-10-12(2)16-15(11)13-7-5-6-8-14(13)17(16,3)4;1-2/h5-10H,1-4H3;1-2H3. The van der Waals surface area contributed by atoms with Gasteiger partial charge in [-0.05, 0) is 47.2 Å². The van der Waals surface area contributed by atoms with E-state index < -0.39 is 0 Å². The minimum absolute atomic E-state index is 0.141. The van der Waals surface area contributed by atoms with E-state index in [2.05, 4.69) is 64.1 Å². The van der Waals surface area contributed by atoms with Crippen molar-refractivity contribution in [1.82, 2.24) is 0 Å². The highest BCUT2D eigenvalue weighted by molar-refractivity contribution is 5.84. The van der Waals surface area contributed by atoms with Gasteiger partial charge in [0.1, 0.15) is 0 Å². The Morgan fingerprint density at radius 2 is 1.37 bits per heavy atom. The molecule has 0 radical (unpaired) electrons. The SMILES string of the molecule is CC.Cc1ccc(C)c2c1-c1ccccc1C2(C)C. The number of fused-ring (bicyclic) bond motifs is 3. The van der Waals surface area contributed by atoms with E-state index in [0.717, 1.165) is 0 Å². The molecule has 0 aliphatic heterocycles. The lowest BCUT2D eigenvalue weighted by molar-refractivity contribution is 0.655. The van der Waals surface area contributed by atoms with Gasteiger partial charge >= 0.3 is 0 Å². The molecular weight excluding hydrogens is 228 g/mol. The maximum absolute atomic E-state index is 2.34. The Labute approximate surface area is 117 Å². The van der Waals surface area contributed by atoms with Crippen molar-refractivity contribution >= 4 is 0 Å². The average molecular weight is 252 g/mol. The first kappa shape index (κ1) is 13.9. The molecule has 0 saturated carbocycles. The fourth-order valence-corrected chi connectivity index (χ4v) is 3.34. The van der Waals surface area contributed by atoms with Crippen LogP contribution in [0, 0.1) is 13.8 Å². The van der Waals surface area contributed by atoms with Crippen LogP contribution < -0.4 is 0 Å². The molecule has 0 nitrogen and oxygen atoms in total. The third-order valence-corrected chi connectivity index (χ3v) is 4.12. The number of aryl methyl sites for hydroxylation is 2. The van der Waals surface area contributed by atoms with Gasteiger partial charge in [0.05, 0.1) is 0 Å². The predicted molar refractivity (Wildman–Crippen MR) is 84.8 cm³/mol. The van der Waals surface area contributed by atoms with E-state index in [1.807, 2.05) is 13.8 Å². The fraction of sp³-hybridized carbons (Fsp3) is 0.368. The molecule has 2 aromatic rings. The van der Waals surface area contributed by atoms with E-state index in [0.29, 0.717) is 0 Å². The summed E-state index contributed by atoms with van der Waals surface area (Å²) in [5.74, 6) is 0. The van der Waals surface area contributed by atoms with Crippen LogP contribution in [0.1, 0.15) is 49.9 Å². The van der Waals surface area contributed by atoms with Crippen molar-refractivity contribution < 1.29 is 0 Å². The van der Waals surface area contributed by atoms with Crippen LogP contribution in [0.5, 0.6) is 0 Å². The quantitative estimate of drug-likeness (QED) is 0.569. The van der Waals surface area contributed by atoms with Crippen molar-refractivity contribution in [3.63, 3.8) is 0 Å². The van der Waals surface area contributed by atoms with Crippen LogP contribution in [0.2, 0.25) is 0 Å².